The van der Waals surface area contributed by atoms with Gasteiger partial charge in [-0.25, -0.2) is 14.6 Å². The fraction of sp³-hybridized carbons (Fsp3) is 0.389. The van der Waals surface area contributed by atoms with E-state index in [2.05, 4.69) is 25.7 Å². The summed E-state index contributed by atoms with van der Waals surface area (Å²) < 4.78 is 11.8. The highest BCUT2D eigenvalue weighted by Crippen LogP contribution is 2.19. The lowest BCUT2D eigenvalue weighted by molar-refractivity contribution is -0.144. The van der Waals surface area contributed by atoms with Crippen molar-refractivity contribution in [1.29, 1.82) is 0 Å². The van der Waals surface area contributed by atoms with Gasteiger partial charge in [-0.2, -0.15) is 5.10 Å². The fourth-order valence-electron chi connectivity index (χ4n) is 2.62. The van der Waals surface area contributed by atoms with Gasteiger partial charge in [-0.05, 0) is 19.1 Å². The number of hydrogen-bond acceptors (Lipinski definition) is 8. The number of hydrogen-bond donors (Lipinski definition) is 2. The number of fused-ring (bicyclic) bond motifs is 1. The average molecular weight is 386 g/mol. The Morgan fingerprint density at radius 2 is 2.18 bits per heavy atom. The zero-order valence-corrected chi connectivity index (χ0v) is 15.6. The van der Waals surface area contributed by atoms with Crippen molar-refractivity contribution in [2.75, 3.05) is 18.5 Å². The topological polar surface area (TPSA) is 124 Å². The monoisotopic (exact) mass is 386 g/mol. The second kappa shape index (κ2) is 9.49. The van der Waals surface area contributed by atoms with Crippen molar-refractivity contribution >= 4 is 28.7 Å². The second-order valence-electron chi connectivity index (χ2n) is 5.92. The SMILES string of the molecule is CCOC(=O)CCC(=O)NCCn1ncc2c(NCc3ccco3)ncnc21. The van der Waals surface area contributed by atoms with Crippen LogP contribution in [0.3, 0.4) is 0 Å². The van der Waals surface area contributed by atoms with Crippen LogP contribution in [0.15, 0.2) is 35.3 Å². The van der Waals surface area contributed by atoms with E-state index in [1.807, 2.05) is 12.1 Å². The number of carbonyl (C=O) groups excluding carboxylic acids is 2. The number of amides is 1. The number of nitrogens with zero attached hydrogens (tertiary/aromatic N) is 4. The predicted octanol–water partition coefficient (Wildman–Crippen LogP) is 1.49. The molecule has 148 valence electrons. The van der Waals surface area contributed by atoms with Crippen molar-refractivity contribution in [2.45, 2.75) is 32.9 Å². The highest BCUT2D eigenvalue weighted by Gasteiger charge is 2.11. The van der Waals surface area contributed by atoms with Crippen LogP contribution >= 0.6 is 0 Å². The van der Waals surface area contributed by atoms with E-state index in [9.17, 15) is 9.59 Å². The number of anilines is 1. The summed E-state index contributed by atoms with van der Waals surface area (Å²) in [6.07, 6.45) is 4.93. The van der Waals surface area contributed by atoms with Crippen molar-refractivity contribution < 1.29 is 18.7 Å². The molecule has 0 aromatic carbocycles. The molecule has 0 fully saturated rings. The Kier molecular flexibility index (Phi) is 6.55. The molecule has 3 rings (SSSR count). The molecular formula is C18H22N6O4. The minimum absolute atomic E-state index is 0.0717. The molecule has 10 heteroatoms. The van der Waals surface area contributed by atoms with Crippen LogP contribution in [0.25, 0.3) is 11.0 Å². The summed E-state index contributed by atoms with van der Waals surface area (Å²) in [4.78, 5) is 31.6. The third-order valence-electron chi connectivity index (χ3n) is 3.95. The molecule has 0 radical (unpaired) electrons. The molecule has 3 aromatic rings. The second-order valence-corrected chi connectivity index (χ2v) is 5.92. The van der Waals surface area contributed by atoms with Gasteiger partial charge in [0.1, 0.15) is 17.9 Å². The summed E-state index contributed by atoms with van der Waals surface area (Å²) in [7, 11) is 0. The molecule has 0 unspecified atom stereocenters. The Bertz CT molecular complexity index is 921. The van der Waals surface area contributed by atoms with Crippen molar-refractivity contribution in [3.63, 3.8) is 0 Å². The number of aromatic nitrogens is 4. The van der Waals surface area contributed by atoms with Gasteiger partial charge < -0.3 is 19.8 Å². The zero-order chi connectivity index (χ0) is 19.8. The van der Waals surface area contributed by atoms with Crippen LogP contribution in [-0.4, -0.2) is 44.8 Å². The fourth-order valence-corrected chi connectivity index (χ4v) is 2.62. The molecule has 0 atom stereocenters. The van der Waals surface area contributed by atoms with Gasteiger partial charge in [-0.15, -0.1) is 0 Å². The first-order chi connectivity index (χ1) is 13.7. The highest BCUT2D eigenvalue weighted by atomic mass is 16.5. The first-order valence-corrected chi connectivity index (χ1v) is 9.02. The number of nitrogens with one attached hydrogen (secondary N) is 2. The van der Waals surface area contributed by atoms with Gasteiger partial charge >= 0.3 is 5.97 Å². The third kappa shape index (κ3) is 5.06. The number of esters is 1. The minimum Gasteiger partial charge on any atom is -0.467 e. The van der Waals surface area contributed by atoms with Crippen LogP contribution in [0.5, 0.6) is 0 Å². The predicted molar refractivity (Wildman–Crippen MR) is 100 cm³/mol. The molecule has 0 aliphatic heterocycles. The Morgan fingerprint density at radius 1 is 1.29 bits per heavy atom. The summed E-state index contributed by atoms with van der Waals surface area (Å²) in [6, 6.07) is 3.70. The summed E-state index contributed by atoms with van der Waals surface area (Å²) >= 11 is 0. The third-order valence-corrected chi connectivity index (χ3v) is 3.95. The summed E-state index contributed by atoms with van der Waals surface area (Å²) in [5, 5.41) is 11.1. The first kappa shape index (κ1) is 19.3. The van der Waals surface area contributed by atoms with Gasteiger partial charge in [0.2, 0.25) is 5.91 Å². The Morgan fingerprint density at radius 3 is 2.96 bits per heavy atom. The average Bonchev–Trinajstić information content (AvgIpc) is 3.35. The lowest BCUT2D eigenvalue weighted by atomic mass is 10.3. The lowest BCUT2D eigenvalue weighted by Crippen LogP contribution is -2.28. The van der Waals surface area contributed by atoms with Crippen molar-refractivity contribution in [2.24, 2.45) is 0 Å². The van der Waals surface area contributed by atoms with Gasteiger partial charge in [-0.3, -0.25) is 9.59 Å². The maximum atomic E-state index is 11.8. The van der Waals surface area contributed by atoms with Gasteiger partial charge in [0.15, 0.2) is 5.65 Å². The standard InChI is InChI=1S/C18H22N6O4/c1-2-27-16(26)6-5-15(25)19-7-8-24-18-14(11-23-24)17(21-12-22-18)20-10-13-4-3-9-28-13/h3-4,9,11-12H,2,5-8,10H2,1H3,(H,19,25)(H,20,21,22). The molecular weight excluding hydrogens is 364 g/mol. The number of ether oxygens (including phenoxy) is 1. The van der Waals surface area contributed by atoms with Crippen LogP contribution in [0.1, 0.15) is 25.5 Å². The smallest absolute Gasteiger partial charge is 0.306 e. The maximum absolute atomic E-state index is 11.8. The van der Waals surface area contributed by atoms with Crippen LogP contribution in [0.4, 0.5) is 5.82 Å². The van der Waals surface area contributed by atoms with E-state index in [-0.39, 0.29) is 24.7 Å². The van der Waals surface area contributed by atoms with Crippen molar-refractivity contribution in [3.8, 4) is 0 Å². The Hall–Kier alpha value is -3.43. The molecule has 0 aliphatic carbocycles. The van der Waals surface area contributed by atoms with Crippen LogP contribution in [0.2, 0.25) is 0 Å². The Balaban J connectivity index is 1.52. The van der Waals surface area contributed by atoms with Crippen LogP contribution in [0, 0.1) is 0 Å². The largest absolute Gasteiger partial charge is 0.467 e. The van der Waals surface area contributed by atoms with Gasteiger partial charge in [0, 0.05) is 13.0 Å². The van der Waals surface area contributed by atoms with Crippen LogP contribution in [-0.2, 0) is 27.4 Å². The molecule has 3 heterocycles. The van der Waals surface area contributed by atoms with Gasteiger partial charge in [0.25, 0.3) is 0 Å². The summed E-state index contributed by atoms with van der Waals surface area (Å²) in [5.74, 6) is 0.873. The van der Waals surface area contributed by atoms with E-state index in [4.69, 9.17) is 9.15 Å². The molecule has 0 aliphatic rings. The minimum atomic E-state index is -0.373. The zero-order valence-electron chi connectivity index (χ0n) is 15.6. The van der Waals surface area contributed by atoms with Gasteiger partial charge in [-0.1, -0.05) is 0 Å². The normalized spacial score (nSPS) is 10.8. The summed E-state index contributed by atoms with van der Waals surface area (Å²) in [5.41, 5.74) is 0.665. The van der Waals surface area contributed by atoms with Crippen LogP contribution < -0.4 is 10.6 Å². The van der Waals surface area contributed by atoms with E-state index in [1.165, 1.54) is 6.33 Å². The molecule has 0 bridgehead atoms. The van der Waals surface area contributed by atoms with Gasteiger partial charge in [0.05, 0.1) is 44.0 Å². The van der Waals surface area contributed by atoms with E-state index in [1.54, 1.807) is 24.1 Å². The number of rotatable bonds is 10. The molecule has 2 N–H and O–H groups in total. The number of furan rings is 1. The van der Waals surface area contributed by atoms with E-state index in [0.717, 1.165) is 11.1 Å². The lowest BCUT2D eigenvalue weighted by Gasteiger charge is -2.07. The molecule has 10 nitrogen and oxygen atoms in total. The molecule has 0 saturated heterocycles. The van der Waals surface area contributed by atoms with E-state index < -0.39 is 0 Å². The van der Waals surface area contributed by atoms with Crippen molar-refractivity contribution in [3.05, 3.63) is 36.7 Å². The summed E-state index contributed by atoms with van der Waals surface area (Å²) in [6.45, 7) is 3.36. The van der Waals surface area contributed by atoms with E-state index >= 15 is 0 Å². The quantitative estimate of drug-likeness (QED) is 0.502. The molecule has 0 saturated carbocycles. The number of carbonyl (C=O) groups is 2. The molecule has 1 amide bonds. The maximum Gasteiger partial charge on any atom is 0.306 e. The highest BCUT2D eigenvalue weighted by molar-refractivity contribution is 5.86. The van der Waals surface area contributed by atoms with Crippen molar-refractivity contribution in [1.82, 2.24) is 25.1 Å². The first-order valence-electron chi connectivity index (χ1n) is 9.02. The molecule has 28 heavy (non-hydrogen) atoms. The molecule has 3 aromatic heterocycles. The Labute approximate surface area is 161 Å². The van der Waals surface area contributed by atoms with E-state index in [0.29, 0.717) is 37.7 Å². The molecule has 0 spiro atoms.